The van der Waals surface area contributed by atoms with Gasteiger partial charge in [0.1, 0.15) is 11.2 Å². The Kier molecular flexibility index (Phi) is 5.11. The van der Waals surface area contributed by atoms with Gasteiger partial charge in [0.05, 0.1) is 27.8 Å². The molecule has 0 N–H and O–H groups in total. The number of rotatable bonds is 2. The molecule has 0 saturated carbocycles. The van der Waals surface area contributed by atoms with Crippen LogP contribution in [-0.4, -0.2) is 9.13 Å². The maximum atomic E-state index is 6.52. The van der Waals surface area contributed by atoms with Crippen molar-refractivity contribution in [1.82, 2.24) is 9.13 Å². The smallest absolute Gasteiger partial charge is 0.137 e. The van der Waals surface area contributed by atoms with Crippen molar-refractivity contribution in [2.75, 3.05) is 0 Å². The highest BCUT2D eigenvalue weighted by molar-refractivity contribution is 6.28. The number of furan rings is 1. The SMILES string of the molecule is c1ccc2c(-n3c4cc5oc6ccccc6c5cc4c4ccc5c(c6ccccc6n5-c5ccc6c(c5)-c5cccc7cccc-6c57)c43)cccc2c1. The Balaban J connectivity index is 1.19. The molecule has 0 fully saturated rings. The van der Waals surface area contributed by atoms with Crippen LogP contribution >= 0.6 is 0 Å². The second kappa shape index (κ2) is 9.81. The lowest BCUT2D eigenvalue weighted by Gasteiger charge is -2.13. The molecule has 13 rings (SSSR count). The zero-order valence-corrected chi connectivity index (χ0v) is 28.5. The summed E-state index contributed by atoms with van der Waals surface area (Å²) in [5, 5.41) is 12.3. The molecule has 244 valence electrons. The number of fused-ring (bicyclic) bond motifs is 14. The van der Waals surface area contributed by atoms with Crippen molar-refractivity contribution in [1.29, 1.82) is 0 Å². The number of benzene rings is 9. The molecular weight excluding hydrogens is 645 g/mol. The predicted octanol–water partition coefficient (Wildman–Crippen LogP) is 13.7. The highest BCUT2D eigenvalue weighted by Gasteiger charge is 2.25. The Morgan fingerprint density at radius 2 is 1.08 bits per heavy atom. The maximum Gasteiger partial charge on any atom is 0.137 e. The van der Waals surface area contributed by atoms with Crippen LogP contribution in [0.4, 0.5) is 0 Å². The van der Waals surface area contributed by atoms with Crippen molar-refractivity contribution in [3.63, 3.8) is 0 Å². The summed E-state index contributed by atoms with van der Waals surface area (Å²) in [5.41, 5.74) is 14.1. The van der Waals surface area contributed by atoms with E-state index in [1.807, 2.05) is 6.07 Å². The van der Waals surface area contributed by atoms with Gasteiger partial charge in [0, 0.05) is 49.5 Å². The minimum atomic E-state index is 0.899. The molecule has 0 spiro atoms. The van der Waals surface area contributed by atoms with Crippen LogP contribution in [0.3, 0.4) is 0 Å². The van der Waals surface area contributed by atoms with Crippen molar-refractivity contribution < 1.29 is 4.42 Å². The Bertz CT molecular complexity index is 3560. The Labute approximate surface area is 303 Å². The van der Waals surface area contributed by atoms with Gasteiger partial charge in [0.15, 0.2) is 0 Å². The molecule has 53 heavy (non-hydrogen) atoms. The molecule has 0 unspecified atom stereocenters. The lowest BCUT2D eigenvalue weighted by atomic mass is 10.0. The third kappa shape index (κ3) is 3.49. The third-order valence-electron chi connectivity index (χ3n) is 11.8. The molecule has 9 aromatic carbocycles. The first-order valence-corrected chi connectivity index (χ1v) is 18.3. The standard InChI is InChI=1S/C50H28N2O/c1-2-14-32-29(10-1)11-9-20-42(32)52-45-28-47-41(34-15-4-6-21-46(34)53-47)27-40(45)37-24-25-44-49(50(37)52)38-16-3-5-19-43(38)51(44)31-22-23-33-35-17-7-12-30-13-8-18-36(48(30)35)39(33)26-31/h1-28H. The van der Waals surface area contributed by atoms with Crippen molar-refractivity contribution in [2.24, 2.45) is 0 Å². The lowest BCUT2D eigenvalue weighted by molar-refractivity contribution is 0.669. The van der Waals surface area contributed by atoms with E-state index in [2.05, 4.69) is 173 Å². The first-order valence-electron chi connectivity index (χ1n) is 18.3. The van der Waals surface area contributed by atoms with Gasteiger partial charge >= 0.3 is 0 Å². The summed E-state index contributed by atoms with van der Waals surface area (Å²) < 4.78 is 11.5. The van der Waals surface area contributed by atoms with E-state index < -0.39 is 0 Å². The van der Waals surface area contributed by atoms with Crippen molar-refractivity contribution in [3.05, 3.63) is 170 Å². The zero-order chi connectivity index (χ0) is 34.4. The summed E-state index contributed by atoms with van der Waals surface area (Å²) in [5.74, 6) is 0. The number of hydrogen-bond acceptors (Lipinski definition) is 1. The van der Waals surface area contributed by atoms with E-state index in [0.717, 1.165) is 38.8 Å². The number of hydrogen-bond donors (Lipinski definition) is 0. The fraction of sp³-hybridized carbons (Fsp3) is 0. The van der Waals surface area contributed by atoms with Gasteiger partial charge in [0.25, 0.3) is 0 Å². The highest BCUT2D eigenvalue weighted by atomic mass is 16.3. The van der Waals surface area contributed by atoms with Gasteiger partial charge in [-0.25, -0.2) is 0 Å². The first kappa shape index (κ1) is 27.6. The topological polar surface area (TPSA) is 23.0 Å². The van der Waals surface area contributed by atoms with E-state index in [1.165, 1.54) is 81.9 Å². The fourth-order valence-electron chi connectivity index (χ4n) is 9.62. The van der Waals surface area contributed by atoms with Gasteiger partial charge in [-0.2, -0.15) is 0 Å². The fourth-order valence-corrected chi connectivity index (χ4v) is 9.62. The zero-order valence-electron chi connectivity index (χ0n) is 28.5. The molecule has 0 saturated heterocycles. The molecule has 0 radical (unpaired) electrons. The molecule has 3 heterocycles. The van der Waals surface area contributed by atoms with Crippen LogP contribution in [0.25, 0.3) is 121 Å². The lowest BCUT2D eigenvalue weighted by Crippen LogP contribution is -1.96. The predicted molar refractivity (Wildman–Crippen MR) is 222 cm³/mol. The minimum absolute atomic E-state index is 0.899. The normalized spacial score (nSPS) is 12.5. The van der Waals surface area contributed by atoms with Crippen LogP contribution in [-0.2, 0) is 0 Å². The number of para-hydroxylation sites is 2. The molecule has 0 bridgehead atoms. The van der Waals surface area contributed by atoms with E-state index in [4.69, 9.17) is 4.42 Å². The molecule has 3 heteroatoms. The summed E-state index contributed by atoms with van der Waals surface area (Å²) in [6, 6.07) is 62.3. The molecule has 0 aliphatic heterocycles. The van der Waals surface area contributed by atoms with Crippen LogP contribution in [0.2, 0.25) is 0 Å². The van der Waals surface area contributed by atoms with E-state index >= 15 is 0 Å². The summed E-state index contributed by atoms with van der Waals surface area (Å²) >= 11 is 0. The monoisotopic (exact) mass is 672 g/mol. The van der Waals surface area contributed by atoms with Crippen molar-refractivity contribution in [2.45, 2.75) is 0 Å². The van der Waals surface area contributed by atoms with Gasteiger partial charge in [-0.15, -0.1) is 0 Å². The van der Waals surface area contributed by atoms with Crippen LogP contribution < -0.4 is 0 Å². The molecule has 0 atom stereocenters. The largest absolute Gasteiger partial charge is 0.456 e. The van der Waals surface area contributed by atoms with Gasteiger partial charge in [-0.3, -0.25) is 0 Å². The second-order valence-corrected chi connectivity index (χ2v) is 14.4. The quantitative estimate of drug-likeness (QED) is 0.179. The number of aromatic nitrogens is 2. The van der Waals surface area contributed by atoms with Crippen LogP contribution in [0.5, 0.6) is 0 Å². The average Bonchev–Trinajstić information content (AvgIpc) is 3.94. The molecule has 0 amide bonds. The summed E-state index contributed by atoms with van der Waals surface area (Å²) in [6.45, 7) is 0. The molecule has 1 aliphatic rings. The summed E-state index contributed by atoms with van der Waals surface area (Å²) in [6.07, 6.45) is 0. The number of nitrogens with zero attached hydrogens (tertiary/aromatic N) is 2. The molecule has 12 aromatic rings. The molecule has 3 aromatic heterocycles. The minimum Gasteiger partial charge on any atom is -0.456 e. The molecule has 3 nitrogen and oxygen atoms in total. The summed E-state index contributed by atoms with van der Waals surface area (Å²) in [7, 11) is 0. The maximum absolute atomic E-state index is 6.52. The van der Waals surface area contributed by atoms with Gasteiger partial charge < -0.3 is 13.6 Å². The van der Waals surface area contributed by atoms with E-state index in [1.54, 1.807) is 0 Å². The second-order valence-electron chi connectivity index (χ2n) is 14.4. The van der Waals surface area contributed by atoms with Crippen LogP contribution in [0.1, 0.15) is 0 Å². The van der Waals surface area contributed by atoms with Crippen molar-refractivity contribution in [3.8, 4) is 33.6 Å². The third-order valence-corrected chi connectivity index (χ3v) is 11.8. The van der Waals surface area contributed by atoms with Gasteiger partial charge in [-0.1, -0.05) is 121 Å². The highest BCUT2D eigenvalue weighted by Crippen LogP contribution is 2.49. The average molecular weight is 673 g/mol. The van der Waals surface area contributed by atoms with E-state index in [9.17, 15) is 0 Å². The molecular formula is C50H28N2O. The summed E-state index contributed by atoms with van der Waals surface area (Å²) in [4.78, 5) is 0. The van der Waals surface area contributed by atoms with Gasteiger partial charge in [0.2, 0.25) is 0 Å². The van der Waals surface area contributed by atoms with E-state index in [0.29, 0.717) is 0 Å². The van der Waals surface area contributed by atoms with E-state index in [-0.39, 0.29) is 0 Å². The van der Waals surface area contributed by atoms with Crippen LogP contribution in [0, 0.1) is 0 Å². The Hall–Kier alpha value is -7.10. The van der Waals surface area contributed by atoms with Crippen molar-refractivity contribution >= 4 is 87.1 Å². The Morgan fingerprint density at radius 1 is 0.340 bits per heavy atom. The van der Waals surface area contributed by atoms with Gasteiger partial charge in [-0.05, 0) is 80.9 Å². The Morgan fingerprint density at radius 3 is 1.98 bits per heavy atom. The van der Waals surface area contributed by atoms with Crippen LogP contribution in [0.15, 0.2) is 174 Å². The molecule has 1 aliphatic carbocycles. The first-order chi connectivity index (χ1) is 26.3.